The van der Waals surface area contributed by atoms with Gasteiger partial charge in [-0.05, 0) is 44.7 Å². The van der Waals surface area contributed by atoms with E-state index < -0.39 is 0 Å². The molecule has 0 unspecified atom stereocenters. The minimum absolute atomic E-state index is 0. The van der Waals surface area contributed by atoms with Gasteiger partial charge >= 0.3 is 0 Å². The molecular formula is C21H34Cl2N6O2. The van der Waals surface area contributed by atoms with Crippen LogP contribution >= 0.6 is 24.8 Å². The Bertz CT molecular complexity index is 734. The maximum absolute atomic E-state index is 12.5. The molecule has 4 rings (SSSR count). The summed E-state index contributed by atoms with van der Waals surface area (Å²) in [6, 6.07) is 0. The molecule has 3 fully saturated rings. The van der Waals surface area contributed by atoms with Crippen molar-refractivity contribution in [2.75, 3.05) is 52.4 Å². The average Bonchev–Trinajstić information content (AvgIpc) is 2.75. The second-order valence-corrected chi connectivity index (χ2v) is 8.81. The van der Waals surface area contributed by atoms with Crippen LogP contribution in [0, 0.1) is 12.3 Å². The number of nitrogens with one attached hydrogen (secondary N) is 1. The first-order valence-electron chi connectivity index (χ1n) is 10.8. The third kappa shape index (κ3) is 6.51. The van der Waals surface area contributed by atoms with E-state index >= 15 is 0 Å². The third-order valence-corrected chi connectivity index (χ3v) is 6.68. The molecule has 2 amide bonds. The van der Waals surface area contributed by atoms with E-state index in [0.717, 1.165) is 76.5 Å². The predicted octanol–water partition coefficient (Wildman–Crippen LogP) is 1.27. The highest BCUT2D eigenvalue weighted by atomic mass is 35.5. The number of hydrogen-bond donors (Lipinski definition) is 1. The zero-order valence-electron chi connectivity index (χ0n) is 18.2. The Kier molecular flexibility index (Phi) is 9.48. The number of nitrogens with zero attached hydrogens (tertiary/aromatic N) is 5. The van der Waals surface area contributed by atoms with Crippen LogP contribution in [0.3, 0.4) is 0 Å². The van der Waals surface area contributed by atoms with Gasteiger partial charge in [0, 0.05) is 45.3 Å². The van der Waals surface area contributed by atoms with Gasteiger partial charge in [0.2, 0.25) is 11.8 Å². The topological polar surface area (TPSA) is 81.7 Å². The van der Waals surface area contributed by atoms with Crippen molar-refractivity contribution in [3.05, 3.63) is 23.8 Å². The fourth-order valence-electron chi connectivity index (χ4n) is 4.74. The van der Waals surface area contributed by atoms with E-state index in [1.54, 1.807) is 12.4 Å². The maximum atomic E-state index is 12.5. The molecule has 8 nitrogen and oxygen atoms in total. The lowest BCUT2D eigenvalue weighted by molar-refractivity contribution is -0.140. The van der Waals surface area contributed by atoms with Crippen LogP contribution in [0.4, 0.5) is 0 Å². The molecule has 0 radical (unpaired) electrons. The normalized spacial score (nSPS) is 21.4. The summed E-state index contributed by atoms with van der Waals surface area (Å²) >= 11 is 0. The van der Waals surface area contributed by atoms with Crippen molar-refractivity contribution in [3.8, 4) is 0 Å². The first kappa shape index (κ1) is 25.8. The number of rotatable bonds is 4. The largest absolute Gasteiger partial charge is 0.339 e. The Hall–Kier alpha value is -1.48. The lowest BCUT2D eigenvalue weighted by Crippen LogP contribution is -2.53. The number of carbonyl (C=O) groups is 2. The van der Waals surface area contributed by atoms with Gasteiger partial charge in [-0.15, -0.1) is 24.8 Å². The highest BCUT2D eigenvalue weighted by Gasteiger charge is 2.41. The molecule has 0 atom stereocenters. The monoisotopic (exact) mass is 472 g/mol. The number of amides is 2. The SMILES string of the molecule is Cc1cnc(CN2CC3(CCC2=O)CCN(CC(=O)N2CCNCC2)CC3)cn1.Cl.Cl. The smallest absolute Gasteiger partial charge is 0.236 e. The summed E-state index contributed by atoms with van der Waals surface area (Å²) in [6.07, 6.45) is 7.19. The Labute approximate surface area is 197 Å². The minimum Gasteiger partial charge on any atom is -0.339 e. The fraction of sp³-hybridized carbons (Fsp3) is 0.714. The molecule has 1 aromatic heterocycles. The molecule has 1 spiro atoms. The highest BCUT2D eigenvalue weighted by Crippen LogP contribution is 2.40. The standard InChI is InChI=1S/C21H32N6O2.2ClH/c1-17-12-24-18(13-23-17)14-27-16-21(3-2-19(27)28)4-8-25(9-5-21)15-20(29)26-10-6-22-7-11-26;;/h12-13,22H,2-11,14-16H2,1H3;2*1H. The van der Waals surface area contributed by atoms with E-state index in [-0.39, 0.29) is 42.0 Å². The van der Waals surface area contributed by atoms with Crippen molar-refractivity contribution in [1.29, 1.82) is 0 Å². The van der Waals surface area contributed by atoms with Crippen LogP contribution < -0.4 is 5.32 Å². The fourth-order valence-corrected chi connectivity index (χ4v) is 4.74. The van der Waals surface area contributed by atoms with Gasteiger partial charge < -0.3 is 15.1 Å². The number of hydrogen-bond acceptors (Lipinski definition) is 6. The number of halogens is 2. The first-order chi connectivity index (χ1) is 14.0. The Balaban J connectivity index is 0.00000171. The molecule has 174 valence electrons. The van der Waals surface area contributed by atoms with Gasteiger partial charge in [-0.25, -0.2) is 0 Å². The van der Waals surface area contributed by atoms with E-state index in [4.69, 9.17) is 0 Å². The number of aryl methyl sites for hydroxylation is 1. The molecular weight excluding hydrogens is 439 g/mol. The summed E-state index contributed by atoms with van der Waals surface area (Å²) in [7, 11) is 0. The van der Waals surface area contributed by atoms with Crippen LogP contribution in [0.1, 0.15) is 37.1 Å². The van der Waals surface area contributed by atoms with E-state index in [1.165, 1.54) is 0 Å². The van der Waals surface area contributed by atoms with Crippen molar-refractivity contribution in [3.63, 3.8) is 0 Å². The maximum Gasteiger partial charge on any atom is 0.236 e. The molecule has 0 aliphatic carbocycles. The molecule has 3 aliphatic rings. The van der Waals surface area contributed by atoms with Gasteiger partial charge in [0.1, 0.15) is 0 Å². The molecule has 0 saturated carbocycles. The Morgan fingerprint density at radius 1 is 1.06 bits per heavy atom. The van der Waals surface area contributed by atoms with Gasteiger partial charge in [-0.3, -0.25) is 24.5 Å². The lowest BCUT2D eigenvalue weighted by atomic mass is 9.72. The molecule has 4 heterocycles. The zero-order chi connectivity index (χ0) is 20.3. The second kappa shape index (κ2) is 11.4. The van der Waals surface area contributed by atoms with Crippen molar-refractivity contribution >= 4 is 36.6 Å². The molecule has 3 saturated heterocycles. The van der Waals surface area contributed by atoms with Gasteiger partial charge in [0.05, 0.1) is 30.7 Å². The van der Waals surface area contributed by atoms with E-state index in [0.29, 0.717) is 19.5 Å². The van der Waals surface area contributed by atoms with Gasteiger partial charge in [0.25, 0.3) is 0 Å². The van der Waals surface area contributed by atoms with Crippen molar-refractivity contribution in [2.45, 2.75) is 39.2 Å². The molecule has 0 bridgehead atoms. The van der Waals surface area contributed by atoms with Gasteiger partial charge in [-0.1, -0.05) is 0 Å². The van der Waals surface area contributed by atoms with Crippen LogP contribution in [-0.2, 0) is 16.1 Å². The number of piperazine rings is 1. The average molecular weight is 473 g/mol. The van der Waals surface area contributed by atoms with E-state index in [9.17, 15) is 9.59 Å². The number of carbonyl (C=O) groups excluding carboxylic acids is 2. The molecule has 3 aliphatic heterocycles. The highest BCUT2D eigenvalue weighted by molar-refractivity contribution is 5.85. The van der Waals surface area contributed by atoms with Crippen LogP contribution in [0.2, 0.25) is 0 Å². The molecule has 1 aromatic rings. The summed E-state index contributed by atoms with van der Waals surface area (Å²) in [6.45, 7) is 9.06. The van der Waals surface area contributed by atoms with Crippen molar-refractivity contribution in [1.82, 2.24) is 30.0 Å². The van der Waals surface area contributed by atoms with Crippen molar-refractivity contribution in [2.24, 2.45) is 5.41 Å². The van der Waals surface area contributed by atoms with Crippen LogP contribution in [0.5, 0.6) is 0 Å². The zero-order valence-corrected chi connectivity index (χ0v) is 19.8. The summed E-state index contributed by atoms with van der Waals surface area (Å²) in [5.41, 5.74) is 1.92. The lowest BCUT2D eigenvalue weighted by Gasteiger charge is -2.47. The summed E-state index contributed by atoms with van der Waals surface area (Å²) in [5, 5.41) is 3.29. The number of likely N-dealkylation sites (tertiary alicyclic amines) is 2. The summed E-state index contributed by atoms with van der Waals surface area (Å²) < 4.78 is 0. The van der Waals surface area contributed by atoms with Crippen LogP contribution in [-0.4, -0.2) is 88.8 Å². The van der Waals surface area contributed by atoms with E-state index in [1.807, 2.05) is 16.7 Å². The number of piperidine rings is 2. The molecule has 31 heavy (non-hydrogen) atoms. The van der Waals surface area contributed by atoms with E-state index in [2.05, 4.69) is 20.2 Å². The van der Waals surface area contributed by atoms with Gasteiger partial charge in [0.15, 0.2) is 0 Å². The summed E-state index contributed by atoms with van der Waals surface area (Å²) in [5.74, 6) is 0.468. The quantitative estimate of drug-likeness (QED) is 0.710. The minimum atomic E-state index is 0. The summed E-state index contributed by atoms with van der Waals surface area (Å²) in [4.78, 5) is 40.0. The predicted molar refractivity (Wildman–Crippen MR) is 123 cm³/mol. The third-order valence-electron chi connectivity index (χ3n) is 6.68. The Morgan fingerprint density at radius 2 is 1.77 bits per heavy atom. The molecule has 1 N–H and O–H groups in total. The first-order valence-corrected chi connectivity index (χ1v) is 10.8. The second-order valence-electron chi connectivity index (χ2n) is 8.81. The van der Waals surface area contributed by atoms with Crippen LogP contribution in [0.15, 0.2) is 12.4 Å². The van der Waals surface area contributed by atoms with Gasteiger partial charge in [-0.2, -0.15) is 0 Å². The van der Waals surface area contributed by atoms with Crippen LogP contribution in [0.25, 0.3) is 0 Å². The molecule has 10 heteroatoms. The number of aromatic nitrogens is 2. The Morgan fingerprint density at radius 3 is 2.42 bits per heavy atom. The molecule has 0 aromatic carbocycles. The van der Waals surface area contributed by atoms with Crippen molar-refractivity contribution < 1.29 is 9.59 Å².